The van der Waals surface area contributed by atoms with E-state index in [4.69, 9.17) is 23.1 Å². The number of hydrogen-bond donors (Lipinski definition) is 1. The van der Waals surface area contributed by atoms with Gasteiger partial charge in [0.05, 0.1) is 17.4 Å². The number of nitrogens with zero attached hydrogens (tertiary/aromatic N) is 1. The standard InChI is InChI=1S/C28H28N2O12S/c1-17-14-30(27(35)29-23(17)32)24-21(40-18(2)31)22(42-43(3,36)37)28(41-24,15-38-25(33)19-10-6-4-7-11-19)16-39-26(34)20-12-8-5-9-13-20/h4-14,21-22,24H,15-16H2,1-3H3,(H,29,32,35)/t21-,22-,24-/m1/s1. The SMILES string of the molecule is CC(=O)O[C@H]1[C@H](n2cc(C)c(=O)[nH]c2=O)OC(COC(=O)c2ccccc2)(COC(=O)c2ccccc2)[C@@H]1OS(C)(=O)=O. The maximum atomic E-state index is 12.9. The van der Waals surface area contributed by atoms with Gasteiger partial charge in [0, 0.05) is 18.7 Å². The highest BCUT2D eigenvalue weighted by Crippen LogP contribution is 2.42. The van der Waals surface area contributed by atoms with E-state index in [1.54, 1.807) is 36.4 Å². The molecule has 0 bridgehead atoms. The maximum absolute atomic E-state index is 12.9. The molecule has 0 spiro atoms. The number of nitrogens with one attached hydrogen (secondary N) is 1. The first-order valence-corrected chi connectivity index (χ1v) is 14.6. The fourth-order valence-corrected chi connectivity index (χ4v) is 5.08. The predicted octanol–water partition coefficient (Wildman–Crippen LogP) is 1.10. The number of hydrogen-bond acceptors (Lipinski definition) is 12. The van der Waals surface area contributed by atoms with E-state index in [0.717, 1.165) is 23.9 Å². The number of benzene rings is 2. The first kappa shape index (κ1) is 31.3. The molecule has 1 N–H and O–H groups in total. The van der Waals surface area contributed by atoms with Gasteiger partial charge in [0.1, 0.15) is 13.2 Å². The van der Waals surface area contributed by atoms with Crippen LogP contribution in [-0.2, 0) is 38.0 Å². The molecule has 14 nitrogen and oxygen atoms in total. The van der Waals surface area contributed by atoms with Gasteiger partial charge >= 0.3 is 23.6 Å². The molecule has 0 amide bonds. The molecule has 43 heavy (non-hydrogen) atoms. The molecular weight excluding hydrogens is 588 g/mol. The summed E-state index contributed by atoms with van der Waals surface area (Å²) in [4.78, 5) is 65.1. The molecule has 4 rings (SSSR count). The van der Waals surface area contributed by atoms with Crippen LogP contribution >= 0.6 is 0 Å². The Labute approximate surface area is 245 Å². The van der Waals surface area contributed by atoms with Crippen LogP contribution in [-0.4, -0.2) is 73.2 Å². The number of carbonyl (C=O) groups is 3. The van der Waals surface area contributed by atoms with Crippen molar-refractivity contribution in [3.05, 3.63) is 104 Å². The fourth-order valence-electron chi connectivity index (χ4n) is 4.42. The lowest BCUT2D eigenvalue weighted by atomic mass is 9.96. The topological polar surface area (TPSA) is 186 Å². The number of carbonyl (C=O) groups excluding carboxylic acids is 3. The Kier molecular flexibility index (Phi) is 9.27. The molecular formula is C28H28N2O12S. The van der Waals surface area contributed by atoms with Gasteiger partial charge in [0.25, 0.3) is 15.7 Å². The first-order chi connectivity index (χ1) is 20.3. The van der Waals surface area contributed by atoms with Crippen LogP contribution in [0.4, 0.5) is 0 Å². The van der Waals surface area contributed by atoms with Gasteiger partial charge in [-0.1, -0.05) is 36.4 Å². The highest BCUT2D eigenvalue weighted by atomic mass is 32.2. The van der Waals surface area contributed by atoms with Gasteiger partial charge in [-0.2, -0.15) is 8.42 Å². The molecule has 1 saturated heterocycles. The molecule has 0 radical (unpaired) electrons. The zero-order valence-corrected chi connectivity index (χ0v) is 24.1. The van der Waals surface area contributed by atoms with Gasteiger partial charge in [-0.3, -0.25) is 23.3 Å². The van der Waals surface area contributed by atoms with Crippen molar-refractivity contribution in [2.45, 2.75) is 37.9 Å². The largest absolute Gasteiger partial charge is 0.459 e. The van der Waals surface area contributed by atoms with E-state index in [1.165, 1.54) is 31.2 Å². The van der Waals surface area contributed by atoms with Gasteiger partial charge < -0.3 is 18.9 Å². The van der Waals surface area contributed by atoms with E-state index < -0.39 is 76.5 Å². The van der Waals surface area contributed by atoms with Crippen molar-refractivity contribution in [2.75, 3.05) is 19.5 Å². The van der Waals surface area contributed by atoms with E-state index >= 15 is 0 Å². The van der Waals surface area contributed by atoms with E-state index in [-0.39, 0.29) is 16.7 Å². The Morgan fingerprint density at radius 1 is 0.930 bits per heavy atom. The predicted molar refractivity (Wildman–Crippen MR) is 148 cm³/mol. The molecule has 2 aromatic carbocycles. The summed E-state index contributed by atoms with van der Waals surface area (Å²) in [5, 5.41) is 0. The van der Waals surface area contributed by atoms with Crippen LogP contribution in [0.3, 0.4) is 0 Å². The Balaban J connectivity index is 1.83. The molecule has 0 aliphatic carbocycles. The minimum absolute atomic E-state index is 0.0638. The van der Waals surface area contributed by atoms with Gasteiger partial charge in [-0.05, 0) is 31.2 Å². The molecule has 1 aliphatic heterocycles. The summed E-state index contributed by atoms with van der Waals surface area (Å²) >= 11 is 0. The molecule has 0 unspecified atom stereocenters. The van der Waals surface area contributed by atoms with Crippen LogP contribution < -0.4 is 11.2 Å². The lowest BCUT2D eigenvalue weighted by molar-refractivity contribution is -0.157. The van der Waals surface area contributed by atoms with Crippen molar-refractivity contribution in [3.8, 4) is 0 Å². The van der Waals surface area contributed by atoms with E-state index in [1.807, 2.05) is 0 Å². The Morgan fingerprint density at radius 2 is 1.44 bits per heavy atom. The molecule has 3 aromatic rings. The van der Waals surface area contributed by atoms with Gasteiger partial charge in [-0.15, -0.1) is 0 Å². The highest BCUT2D eigenvalue weighted by Gasteiger charge is 2.62. The third-order valence-electron chi connectivity index (χ3n) is 6.37. The van der Waals surface area contributed by atoms with E-state index in [2.05, 4.69) is 4.98 Å². The Morgan fingerprint density at radius 3 is 1.91 bits per heavy atom. The zero-order chi connectivity index (χ0) is 31.4. The van der Waals surface area contributed by atoms with Crippen LogP contribution in [0, 0.1) is 6.92 Å². The van der Waals surface area contributed by atoms with Crippen molar-refractivity contribution in [1.29, 1.82) is 0 Å². The third kappa shape index (κ3) is 7.43. The minimum atomic E-state index is -4.36. The summed E-state index contributed by atoms with van der Waals surface area (Å²) in [6.07, 6.45) is -3.30. The number of rotatable bonds is 10. The average Bonchev–Trinajstić information content (AvgIpc) is 3.24. The molecule has 3 atom stereocenters. The second-order valence-electron chi connectivity index (χ2n) is 9.73. The van der Waals surface area contributed by atoms with Crippen molar-refractivity contribution in [2.24, 2.45) is 0 Å². The smallest absolute Gasteiger partial charge is 0.338 e. The molecule has 1 aliphatic rings. The van der Waals surface area contributed by atoms with Crippen molar-refractivity contribution in [3.63, 3.8) is 0 Å². The highest BCUT2D eigenvalue weighted by molar-refractivity contribution is 7.86. The van der Waals surface area contributed by atoms with Crippen LogP contribution in [0.1, 0.15) is 39.4 Å². The average molecular weight is 617 g/mol. The third-order valence-corrected chi connectivity index (χ3v) is 6.93. The number of aromatic amines is 1. The second-order valence-corrected chi connectivity index (χ2v) is 11.3. The fraction of sp³-hybridized carbons (Fsp3) is 0.321. The monoisotopic (exact) mass is 616 g/mol. The van der Waals surface area contributed by atoms with Gasteiger partial charge in [0.15, 0.2) is 24.0 Å². The summed E-state index contributed by atoms with van der Waals surface area (Å²) in [6.45, 7) is 0.856. The number of aromatic nitrogens is 2. The maximum Gasteiger partial charge on any atom is 0.338 e. The summed E-state index contributed by atoms with van der Waals surface area (Å²) in [5.41, 5.74) is -3.52. The second kappa shape index (κ2) is 12.7. The number of aryl methyl sites for hydroxylation is 1. The molecule has 15 heteroatoms. The molecule has 228 valence electrons. The van der Waals surface area contributed by atoms with Crippen LogP contribution in [0.15, 0.2) is 76.4 Å². The summed E-state index contributed by atoms with van der Waals surface area (Å²) in [7, 11) is -4.36. The first-order valence-electron chi connectivity index (χ1n) is 12.8. The normalized spacial score (nSPS) is 19.4. The molecule has 0 saturated carbocycles. The Bertz CT molecular complexity index is 1660. The summed E-state index contributed by atoms with van der Waals surface area (Å²) < 4.78 is 53.8. The summed E-state index contributed by atoms with van der Waals surface area (Å²) in [5.74, 6) is -2.60. The number of esters is 3. The van der Waals surface area contributed by atoms with Crippen molar-refractivity contribution < 1.29 is 45.9 Å². The minimum Gasteiger partial charge on any atom is -0.459 e. The quantitative estimate of drug-likeness (QED) is 0.195. The van der Waals surface area contributed by atoms with E-state index in [9.17, 15) is 32.4 Å². The van der Waals surface area contributed by atoms with Crippen LogP contribution in [0.2, 0.25) is 0 Å². The Hall–Kier alpha value is -4.60. The lowest BCUT2D eigenvalue weighted by Gasteiger charge is -2.32. The van der Waals surface area contributed by atoms with Gasteiger partial charge in [0.2, 0.25) is 0 Å². The van der Waals surface area contributed by atoms with E-state index in [0.29, 0.717) is 0 Å². The van der Waals surface area contributed by atoms with Gasteiger partial charge in [-0.25, -0.2) is 14.4 Å². The summed E-state index contributed by atoms with van der Waals surface area (Å²) in [6, 6.07) is 15.6. The number of ether oxygens (including phenoxy) is 4. The number of H-pyrrole nitrogens is 1. The molecule has 2 heterocycles. The zero-order valence-electron chi connectivity index (χ0n) is 23.3. The lowest BCUT2D eigenvalue weighted by Crippen LogP contribution is -2.54. The van der Waals surface area contributed by atoms with Crippen molar-refractivity contribution >= 4 is 28.0 Å². The van der Waals surface area contributed by atoms with Crippen LogP contribution in [0.25, 0.3) is 0 Å². The molecule has 1 fully saturated rings. The molecule has 1 aromatic heterocycles. The van der Waals surface area contributed by atoms with Crippen molar-refractivity contribution in [1.82, 2.24) is 9.55 Å². The van der Waals surface area contributed by atoms with Crippen LogP contribution in [0.5, 0.6) is 0 Å².